The van der Waals surface area contributed by atoms with Gasteiger partial charge >= 0.3 is 6.29 Å². The van der Waals surface area contributed by atoms with Crippen LogP contribution in [0.3, 0.4) is 0 Å². The Hall–Kier alpha value is -1.93. The Morgan fingerprint density at radius 1 is 1.48 bits per heavy atom. The zero-order valence-corrected chi connectivity index (χ0v) is 11.0. The molecule has 1 amide bonds. The van der Waals surface area contributed by atoms with E-state index < -0.39 is 24.3 Å². The third-order valence-electron chi connectivity index (χ3n) is 3.59. The van der Waals surface area contributed by atoms with Crippen LogP contribution in [0.1, 0.15) is 12.0 Å². The molecule has 0 saturated carbocycles. The molecule has 114 valence electrons. The molecular formula is C13H14F2N2O4. The summed E-state index contributed by atoms with van der Waals surface area (Å²) in [7, 11) is 0. The Balaban J connectivity index is 1.84. The van der Waals surface area contributed by atoms with E-state index in [9.17, 15) is 18.7 Å². The molecular weight excluding hydrogens is 286 g/mol. The van der Waals surface area contributed by atoms with E-state index in [-0.39, 0.29) is 31.0 Å². The standard InChI is InChI=1S/C13H14F2N2O4/c14-13(15)20-10-3-1-2-7(11(10)21-13)5-17-6-8(18)4-9(17)12(16)19/h1-3,8-9,18H,4-6H2,(H2,16,19)/t8-,9+/m1/s1. The molecule has 2 aliphatic heterocycles. The molecule has 1 aromatic carbocycles. The quantitative estimate of drug-likeness (QED) is 0.845. The smallest absolute Gasteiger partial charge is 0.395 e. The minimum absolute atomic E-state index is 0.0483. The van der Waals surface area contributed by atoms with Gasteiger partial charge in [0, 0.05) is 18.7 Å². The van der Waals surface area contributed by atoms with Gasteiger partial charge in [-0.2, -0.15) is 0 Å². The second kappa shape index (κ2) is 4.81. The SMILES string of the molecule is NC(=O)[C@@H]1C[C@@H](O)CN1Cc1cccc2c1OC(F)(F)O2. The van der Waals surface area contributed by atoms with Crippen LogP contribution >= 0.6 is 0 Å². The lowest BCUT2D eigenvalue weighted by atomic mass is 10.1. The Morgan fingerprint density at radius 2 is 2.24 bits per heavy atom. The predicted molar refractivity (Wildman–Crippen MR) is 66.7 cm³/mol. The van der Waals surface area contributed by atoms with Crippen molar-refractivity contribution < 1.29 is 28.2 Å². The molecule has 3 N–H and O–H groups in total. The van der Waals surface area contributed by atoms with Crippen LogP contribution < -0.4 is 15.2 Å². The van der Waals surface area contributed by atoms with Crippen molar-refractivity contribution in [1.29, 1.82) is 0 Å². The number of hydrogen-bond donors (Lipinski definition) is 2. The molecule has 0 spiro atoms. The summed E-state index contributed by atoms with van der Waals surface area (Å²) in [5.74, 6) is -0.651. The zero-order valence-electron chi connectivity index (χ0n) is 11.0. The molecule has 0 bridgehead atoms. The van der Waals surface area contributed by atoms with Crippen molar-refractivity contribution in [2.45, 2.75) is 31.4 Å². The van der Waals surface area contributed by atoms with Crippen LogP contribution in [0, 0.1) is 0 Å². The number of nitrogens with two attached hydrogens (primary N) is 1. The van der Waals surface area contributed by atoms with Crippen molar-refractivity contribution in [3.05, 3.63) is 23.8 Å². The summed E-state index contributed by atoms with van der Waals surface area (Å²) >= 11 is 0. The Labute approximate surface area is 119 Å². The van der Waals surface area contributed by atoms with Crippen LogP contribution in [0.15, 0.2) is 18.2 Å². The summed E-state index contributed by atoms with van der Waals surface area (Å²) < 4.78 is 35.1. The first-order chi connectivity index (χ1) is 9.85. The molecule has 1 aromatic rings. The third kappa shape index (κ3) is 2.64. The number of rotatable bonds is 3. The van der Waals surface area contributed by atoms with Gasteiger partial charge in [0.25, 0.3) is 0 Å². The molecule has 0 unspecified atom stereocenters. The number of para-hydroxylation sites is 1. The number of ether oxygens (including phenoxy) is 2. The minimum atomic E-state index is -3.69. The lowest BCUT2D eigenvalue weighted by molar-refractivity contribution is -0.287. The van der Waals surface area contributed by atoms with E-state index >= 15 is 0 Å². The second-order valence-corrected chi connectivity index (χ2v) is 5.15. The average Bonchev–Trinajstić information content (AvgIpc) is 2.88. The molecule has 0 aromatic heterocycles. The summed E-state index contributed by atoms with van der Waals surface area (Å²) in [5, 5.41) is 9.65. The number of carbonyl (C=O) groups excluding carboxylic acids is 1. The van der Waals surface area contributed by atoms with Crippen molar-refractivity contribution in [3.8, 4) is 11.5 Å². The van der Waals surface area contributed by atoms with Crippen molar-refractivity contribution in [2.24, 2.45) is 5.73 Å². The van der Waals surface area contributed by atoms with Crippen molar-refractivity contribution >= 4 is 5.91 Å². The van der Waals surface area contributed by atoms with Gasteiger partial charge in [-0.15, -0.1) is 8.78 Å². The number of β-amino-alcohol motifs (C(OH)–C–C–N with tert-alkyl or cyclic N) is 1. The number of hydrogen-bond acceptors (Lipinski definition) is 5. The molecule has 2 aliphatic rings. The fourth-order valence-electron chi connectivity index (χ4n) is 2.72. The van der Waals surface area contributed by atoms with Gasteiger partial charge in [-0.25, -0.2) is 0 Å². The first kappa shape index (κ1) is 14.0. The molecule has 0 aliphatic carbocycles. The number of aliphatic hydroxyl groups excluding tert-OH is 1. The number of alkyl halides is 2. The van der Waals surface area contributed by atoms with E-state index in [0.717, 1.165) is 0 Å². The number of halogens is 2. The zero-order chi connectivity index (χ0) is 15.2. The van der Waals surface area contributed by atoms with Crippen molar-refractivity contribution in [2.75, 3.05) is 6.54 Å². The van der Waals surface area contributed by atoms with Crippen molar-refractivity contribution in [3.63, 3.8) is 0 Å². The van der Waals surface area contributed by atoms with E-state index in [1.165, 1.54) is 6.07 Å². The van der Waals surface area contributed by atoms with Gasteiger partial charge in [-0.05, 0) is 12.5 Å². The van der Waals surface area contributed by atoms with Crippen LogP contribution in [0.2, 0.25) is 0 Å². The maximum Gasteiger partial charge on any atom is 0.586 e. The van der Waals surface area contributed by atoms with Crippen molar-refractivity contribution in [1.82, 2.24) is 4.90 Å². The number of aliphatic hydroxyl groups is 1. The maximum absolute atomic E-state index is 13.1. The number of primary amides is 1. The molecule has 2 heterocycles. The molecule has 0 radical (unpaired) electrons. The normalized spacial score (nSPS) is 27.0. The number of nitrogens with zero attached hydrogens (tertiary/aromatic N) is 1. The lowest BCUT2D eigenvalue weighted by Gasteiger charge is -2.22. The van der Waals surface area contributed by atoms with Gasteiger partial charge in [-0.1, -0.05) is 12.1 Å². The van der Waals surface area contributed by atoms with E-state index in [1.54, 1.807) is 17.0 Å². The van der Waals surface area contributed by atoms with Gasteiger partial charge in [0.2, 0.25) is 5.91 Å². The topological polar surface area (TPSA) is 85.0 Å². The molecule has 1 saturated heterocycles. The van der Waals surface area contributed by atoms with E-state index in [1.807, 2.05) is 0 Å². The predicted octanol–water partition coefficient (Wildman–Crippen LogP) is 0.429. The Morgan fingerprint density at radius 3 is 2.95 bits per heavy atom. The summed E-state index contributed by atoms with van der Waals surface area (Å²) in [5.41, 5.74) is 5.74. The third-order valence-corrected chi connectivity index (χ3v) is 3.59. The Bertz CT molecular complexity index is 581. The Kier molecular flexibility index (Phi) is 3.22. The first-order valence-corrected chi connectivity index (χ1v) is 6.45. The highest BCUT2D eigenvalue weighted by molar-refractivity contribution is 5.80. The summed E-state index contributed by atoms with van der Waals surface area (Å²) in [4.78, 5) is 13.0. The van der Waals surface area contributed by atoms with E-state index in [2.05, 4.69) is 9.47 Å². The highest BCUT2D eigenvalue weighted by Crippen LogP contribution is 2.43. The molecule has 6 nitrogen and oxygen atoms in total. The van der Waals surface area contributed by atoms with Crippen LogP contribution in [0.5, 0.6) is 11.5 Å². The van der Waals surface area contributed by atoms with Gasteiger partial charge in [0.15, 0.2) is 11.5 Å². The van der Waals surface area contributed by atoms with Crippen LogP contribution in [0.4, 0.5) is 8.78 Å². The monoisotopic (exact) mass is 300 g/mol. The van der Waals surface area contributed by atoms with Crippen LogP contribution in [-0.4, -0.2) is 40.9 Å². The molecule has 3 rings (SSSR count). The van der Waals surface area contributed by atoms with Crippen LogP contribution in [-0.2, 0) is 11.3 Å². The average molecular weight is 300 g/mol. The molecule has 21 heavy (non-hydrogen) atoms. The molecule has 8 heteroatoms. The first-order valence-electron chi connectivity index (χ1n) is 6.45. The minimum Gasteiger partial charge on any atom is -0.395 e. The molecule has 1 fully saturated rings. The lowest BCUT2D eigenvalue weighted by Crippen LogP contribution is -2.39. The number of carbonyl (C=O) groups is 1. The fourth-order valence-corrected chi connectivity index (χ4v) is 2.72. The van der Waals surface area contributed by atoms with E-state index in [0.29, 0.717) is 5.56 Å². The number of benzene rings is 1. The highest BCUT2D eigenvalue weighted by atomic mass is 19.3. The van der Waals surface area contributed by atoms with Gasteiger partial charge in [0.1, 0.15) is 0 Å². The highest BCUT2D eigenvalue weighted by Gasteiger charge is 2.45. The van der Waals surface area contributed by atoms with Crippen LogP contribution in [0.25, 0.3) is 0 Å². The number of fused-ring (bicyclic) bond motifs is 1. The van der Waals surface area contributed by atoms with Gasteiger partial charge in [-0.3, -0.25) is 9.69 Å². The second-order valence-electron chi connectivity index (χ2n) is 5.15. The largest absolute Gasteiger partial charge is 0.586 e. The summed E-state index contributed by atoms with van der Waals surface area (Å²) in [6, 6.07) is 3.92. The van der Waals surface area contributed by atoms with E-state index in [4.69, 9.17) is 5.73 Å². The maximum atomic E-state index is 13.1. The number of likely N-dealkylation sites (tertiary alicyclic amines) is 1. The summed E-state index contributed by atoms with van der Waals surface area (Å²) in [6.45, 7) is 0.405. The van der Waals surface area contributed by atoms with Gasteiger partial charge in [0.05, 0.1) is 12.1 Å². The number of amides is 1. The molecule has 2 atom stereocenters. The fraction of sp³-hybridized carbons (Fsp3) is 0.462. The summed E-state index contributed by atoms with van der Waals surface area (Å²) in [6.07, 6.45) is -4.12. The van der Waals surface area contributed by atoms with Gasteiger partial charge < -0.3 is 20.3 Å².